The highest BCUT2D eigenvalue weighted by atomic mass is 16.5. The molecule has 128 valence electrons. The van der Waals surface area contributed by atoms with E-state index in [1.165, 1.54) is 0 Å². The molecule has 2 aliphatic heterocycles. The van der Waals surface area contributed by atoms with Crippen LogP contribution in [0.25, 0.3) is 11.5 Å². The fourth-order valence-corrected chi connectivity index (χ4v) is 3.68. The summed E-state index contributed by atoms with van der Waals surface area (Å²) in [7, 11) is 0. The van der Waals surface area contributed by atoms with Gasteiger partial charge in [0.2, 0.25) is 11.8 Å². The predicted octanol–water partition coefficient (Wildman–Crippen LogP) is 2.24. The Bertz CT molecular complexity index is 665. The molecule has 2 aromatic rings. The van der Waals surface area contributed by atoms with Crippen LogP contribution in [0.15, 0.2) is 34.7 Å². The van der Waals surface area contributed by atoms with Gasteiger partial charge in [0.25, 0.3) is 0 Å². The molecule has 1 N–H and O–H groups in total. The maximum absolute atomic E-state index is 10.3. The van der Waals surface area contributed by atoms with Crippen molar-refractivity contribution in [2.75, 3.05) is 19.7 Å². The Morgan fingerprint density at radius 3 is 2.71 bits per heavy atom. The van der Waals surface area contributed by atoms with Gasteiger partial charge in [-0.1, -0.05) is 18.2 Å². The van der Waals surface area contributed by atoms with Gasteiger partial charge in [0, 0.05) is 25.3 Å². The van der Waals surface area contributed by atoms with E-state index >= 15 is 0 Å². The molecule has 1 atom stereocenters. The van der Waals surface area contributed by atoms with Crippen LogP contribution < -0.4 is 0 Å². The largest absolute Gasteiger partial charge is 0.419 e. The minimum absolute atomic E-state index is 0.332. The summed E-state index contributed by atoms with van der Waals surface area (Å²) in [6, 6.07) is 9.80. The van der Waals surface area contributed by atoms with E-state index in [4.69, 9.17) is 9.15 Å². The maximum atomic E-state index is 10.3. The lowest BCUT2D eigenvalue weighted by Crippen LogP contribution is -2.55. The first-order valence-corrected chi connectivity index (χ1v) is 8.67. The average molecular weight is 329 g/mol. The van der Waals surface area contributed by atoms with Crippen LogP contribution in [0.5, 0.6) is 0 Å². The zero-order valence-electron chi connectivity index (χ0n) is 13.7. The van der Waals surface area contributed by atoms with Gasteiger partial charge >= 0.3 is 0 Å². The third-order valence-electron chi connectivity index (χ3n) is 5.17. The van der Waals surface area contributed by atoms with E-state index < -0.39 is 0 Å². The summed E-state index contributed by atoms with van der Waals surface area (Å²) in [6.07, 6.45) is 3.18. The summed E-state index contributed by atoms with van der Waals surface area (Å²) in [5.41, 5.74) is 0.603. The fourth-order valence-electron chi connectivity index (χ4n) is 3.68. The molecule has 2 saturated heterocycles. The van der Waals surface area contributed by atoms with E-state index in [9.17, 15) is 5.11 Å². The van der Waals surface area contributed by atoms with Crippen LogP contribution in [0.1, 0.15) is 31.6 Å². The number of nitrogens with zero attached hydrogens (tertiary/aromatic N) is 3. The number of ether oxygens (including phenoxy) is 1. The SMILES string of the molecule is OC1CCCOC12CCN(Cc1nnc(-c3ccccc3)o1)CC2. The zero-order chi connectivity index (χ0) is 16.4. The summed E-state index contributed by atoms with van der Waals surface area (Å²) in [5, 5.41) is 18.6. The van der Waals surface area contributed by atoms with Crippen molar-refractivity contribution < 1.29 is 14.3 Å². The number of likely N-dealkylation sites (tertiary alicyclic amines) is 1. The van der Waals surface area contributed by atoms with Crippen LogP contribution in [0.3, 0.4) is 0 Å². The van der Waals surface area contributed by atoms with Crippen molar-refractivity contribution in [3.05, 3.63) is 36.2 Å². The summed E-state index contributed by atoms with van der Waals surface area (Å²) in [6.45, 7) is 3.16. The van der Waals surface area contributed by atoms with E-state index in [0.717, 1.165) is 50.9 Å². The van der Waals surface area contributed by atoms with Gasteiger partial charge in [0.05, 0.1) is 18.2 Å². The first-order chi connectivity index (χ1) is 11.8. The summed E-state index contributed by atoms with van der Waals surface area (Å²) >= 11 is 0. The molecule has 2 fully saturated rings. The van der Waals surface area contributed by atoms with Gasteiger partial charge in [-0.3, -0.25) is 4.90 Å². The minimum Gasteiger partial charge on any atom is -0.419 e. The van der Waals surface area contributed by atoms with E-state index in [-0.39, 0.29) is 11.7 Å². The molecular weight excluding hydrogens is 306 g/mol. The van der Waals surface area contributed by atoms with Crippen LogP contribution in [0.2, 0.25) is 0 Å². The summed E-state index contributed by atoms with van der Waals surface area (Å²) in [4.78, 5) is 2.29. The molecule has 1 unspecified atom stereocenters. The predicted molar refractivity (Wildman–Crippen MR) is 88.2 cm³/mol. The van der Waals surface area contributed by atoms with Gasteiger partial charge in [-0.15, -0.1) is 10.2 Å². The molecule has 6 heteroatoms. The number of aliphatic hydroxyl groups excluding tert-OH is 1. The first kappa shape index (κ1) is 15.7. The van der Waals surface area contributed by atoms with Crippen molar-refractivity contribution in [2.24, 2.45) is 0 Å². The third kappa shape index (κ3) is 3.09. The smallest absolute Gasteiger partial charge is 0.247 e. The molecule has 2 aliphatic rings. The second-order valence-corrected chi connectivity index (χ2v) is 6.71. The standard InChI is InChI=1S/C18H23N3O3/c22-15-7-4-12-23-18(15)8-10-21(11-9-18)13-16-19-20-17(24-16)14-5-2-1-3-6-14/h1-3,5-6,15,22H,4,7-13H2. The lowest BCUT2D eigenvalue weighted by Gasteiger charge is -2.46. The Morgan fingerprint density at radius 1 is 1.17 bits per heavy atom. The molecule has 0 saturated carbocycles. The third-order valence-corrected chi connectivity index (χ3v) is 5.17. The van der Waals surface area contributed by atoms with Crippen molar-refractivity contribution in [3.8, 4) is 11.5 Å². The van der Waals surface area contributed by atoms with Crippen molar-refractivity contribution in [3.63, 3.8) is 0 Å². The highest BCUT2D eigenvalue weighted by Gasteiger charge is 2.43. The molecule has 1 aromatic heterocycles. The molecule has 6 nitrogen and oxygen atoms in total. The average Bonchev–Trinajstić information content (AvgIpc) is 3.09. The van der Waals surface area contributed by atoms with Crippen LogP contribution in [-0.2, 0) is 11.3 Å². The second kappa shape index (κ2) is 6.63. The van der Waals surface area contributed by atoms with E-state index in [2.05, 4.69) is 15.1 Å². The second-order valence-electron chi connectivity index (χ2n) is 6.71. The number of hydrogen-bond donors (Lipinski definition) is 1. The molecular formula is C18H23N3O3. The molecule has 4 rings (SSSR count). The van der Waals surface area contributed by atoms with Crippen molar-refractivity contribution >= 4 is 0 Å². The zero-order valence-corrected chi connectivity index (χ0v) is 13.7. The fraction of sp³-hybridized carbons (Fsp3) is 0.556. The van der Waals surface area contributed by atoms with Gasteiger partial charge < -0.3 is 14.3 Å². The Labute approximate surface area is 141 Å². The van der Waals surface area contributed by atoms with Crippen LogP contribution in [0.4, 0.5) is 0 Å². The molecule has 0 bridgehead atoms. The number of rotatable bonds is 3. The number of aromatic nitrogens is 2. The molecule has 0 aliphatic carbocycles. The number of benzene rings is 1. The summed E-state index contributed by atoms with van der Waals surface area (Å²) in [5.74, 6) is 1.19. The molecule has 0 amide bonds. The van der Waals surface area contributed by atoms with Gasteiger partial charge in [-0.25, -0.2) is 0 Å². The number of aliphatic hydroxyl groups is 1. The minimum atomic E-state index is -0.335. The van der Waals surface area contributed by atoms with E-state index in [1.54, 1.807) is 0 Å². The molecule has 0 radical (unpaired) electrons. The monoisotopic (exact) mass is 329 g/mol. The van der Waals surface area contributed by atoms with Crippen LogP contribution in [0, 0.1) is 0 Å². The van der Waals surface area contributed by atoms with Crippen molar-refractivity contribution in [1.82, 2.24) is 15.1 Å². The molecule has 3 heterocycles. The number of piperidine rings is 1. The Hall–Kier alpha value is -1.76. The molecule has 24 heavy (non-hydrogen) atoms. The van der Waals surface area contributed by atoms with Gasteiger partial charge in [0.15, 0.2) is 0 Å². The lowest BCUT2D eigenvalue weighted by atomic mass is 9.82. The molecule has 1 aromatic carbocycles. The van der Waals surface area contributed by atoms with Gasteiger partial charge in [-0.2, -0.15) is 0 Å². The quantitative estimate of drug-likeness (QED) is 0.931. The Morgan fingerprint density at radius 2 is 1.96 bits per heavy atom. The maximum Gasteiger partial charge on any atom is 0.247 e. The highest BCUT2D eigenvalue weighted by molar-refractivity contribution is 5.51. The number of hydrogen-bond acceptors (Lipinski definition) is 6. The van der Waals surface area contributed by atoms with Gasteiger partial charge in [-0.05, 0) is 37.8 Å². The topological polar surface area (TPSA) is 71.6 Å². The van der Waals surface area contributed by atoms with Crippen LogP contribution >= 0.6 is 0 Å². The first-order valence-electron chi connectivity index (χ1n) is 8.67. The van der Waals surface area contributed by atoms with Gasteiger partial charge in [0.1, 0.15) is 0 Å². The van der Waals surface area contributed by atoms with Crippen molar-refractivity contribution in [2.45, 2.75) is 43.9 Å². The van der Waals surface area contributed by atoms with E-state index in [0.29, 0.717) is 18.3 Å². The van der Waals surface area contributed by atoms with Crippen LogP contribution in [-0.4, -0.2) is 51.6 Å². The normalized spacial score (nSPS) is 24.3. The van der Waals surface area contributed by atoms with E-state index in [1.807, 2.05) is 30.3 Å². The van der Waals surface area contributed by atoms with Crippen molar-refractivity contribution in [1.29, 1.82) is 0 Å². The molecule has 1 spiro atoms. The lowest BCUT2D eigenvalue weighted by molar-refractivity contribution is -0.177. The Kier molecular flexibility index (Phi) is 4.35. The Balaban J connectivity index is 1.37. The summed E-state index contributed by atoms with van der Waals surface area (Å²) < 4.78 is 11.7. The highest BCUT2D eigenvalue weighted by Crippen LogP contribution is 2.35.